The van der Waals surface area contributed by atoms with Crippen LogP contribution in [-0.2, 0) is 11.3 Å². The number of hydrogen-bond acceptors (Lipinski definition) is 5. The zero-order valence-electron chi connectivity index (χ0n) is 16.7. The van der Waals surface area contributed by atoms with Gasteiger partial charge in [-0.15, -0.1) is 0 Å². The van der Waals surface area contributed by atoms with Crippen LogP contribution in [0, 0.1) is 6.92 Å². The topological polar surface area (TPSA) is 64.7 Å². The molecule has 0 spiro atoms. The Bertz CT molecular complexity index is 1270. The van der Waals surface area contributed by atoms with E-state index in [1.807, 2.05) is 43.5 Å². The maximum absolute atomic E-state index is 13.1. The van der Waals surface area contributed by atoms with Crippen LogP contribution >= 0.6 is 11.6 Å². The lowest BCUT2D eigenvalue weighted by Gasteiger charge is -2.26. The Labute approximate surface area is 178 Å². The number of aryl methyl sites for hydroxylation is 1. The first-order valence-electron chi connectivity index (χ1n) is 10.1. The Hall–Kier alpha value is -2.74. The van der Waals surface area contributed by atoms with Crippen molar-refractivity contribution in [2.24, 2.45) is 0 Å². The third-order valence-electron chi connectivity index (χ3n) is 5.65. The van der Waals surface area contributed by atoms with Crippen molar-refractivity contribution in [3.63, 3.8) is 0 Å². The van der Waals surface area contributed by atoms with Gasteiger partial charge in [0.05, 0.1) is 29.8 Å². The number of aromatic nitrogens is 4. The van der Waals surface area contributed by atoms with Crippen LogP contribution < -0.4 is 5.56 Å². The van der Waals surface area contributed by atoms with E-state index < -0.39 is 0 Å². The lowest BCUT2D eigenvalue weighted by atomic mass is 10.1. The zero-order valence-corrected chi connectivity index (χ0v) is 17.5. The highest BCUT2D eigenvalue weighted by Crippen LogP contribution is 2.29. The molecule has 4 heterocycles. The van der Waals surface area contributed by atoms with Crippen molar-refractivity contribution >= 4 is 28.2 Å². The van der Waals surface area contributed by atoms with Crippen molar-refractivity contribution in [3.05, 3.63) is 63.8 Å². The summed E-state index contributed by atoms with van der Waals surface area (Å²) in [7, 11) is 0. The van der Waals surface area contributed by atoms with Crippen molar-refractivity contribution in [1.29, 1.82) is 0 Å². The van der Waals surface area contributed by atoms with Crippen LogP contribution in [0.4, 0.5) is 0 Å². The number of rotatable bonds is 4. The Morgan fingerprint density at radius 3 is 2.63 bits per heavy atom. The van der Waals surface area contributed by atoms with E-state index in [9.17, 15) is 4.79 Å². The largest absolute Gasteiger partial charge is 0.379 e. The minimum absolute atomic E-state index is 0.0450. The van der Waals surface area contributed by atoms with Crippen molar-refractivity contribution < 1.29 is 4.74 Å². The summed E-state index contributed by atoms with van der Waals surface area (Å²) >= 11 is 6.03. The summed E-state index contributed by atoms with van der Waals surface area (Å²) in [6.07, 6.45) is 3.52. The molecule has 3 aromatic heterocycles. The van der Waals surface area contributed by atoms with Crippen LogP contribution in [0.25, 0.3) is 27.7 Å². The van der Waals surface area contributed by atoms with Gasteiger partial charge >= 0.3 is 0 Å². The molecule has 1 aromatic carbocycles. The number of nitrogens with zero attached hydrogens (tertiary/aromatic N) is 5. The average molecular weight is 424 g/mol. The van der Waals surface area contributed by atoms with Gasteiger partial charge in [0.1, 0.15) is 0 Å². The number of fused-ring (bicyclic) bond motifs is 3. The first kappa shape index (κ1) is 19.2. The van der Waals surface area contributed by atoms with Gasteiger partial charge in [0.25, 0.3) is 5.56 Å². The van der Waals surface area contributed by atoms with Crippen LogP contribution in [0.3, 0.4) is 0 Å². The lowest BCUT2D eigenvalue weighted by Crippen LogP contribution is -2.39. The van der Waals surface area contributed by atoms with E-state index in [0.29, 0.717) is 17.0 Å². The molecule has 8 heteroatoms. The van der Waals surface area contributed by atoms with Gasteiger partial charge in [0.15, 0.2) is 5.65 Å². The first-order chi connectivity index (χ1) is 14.6. The van der Waals surface area contributed by atoms with E-state index in [0.717, 1.165) is 60.8 Å². The minimum atomic E-state index is -0.0450. The number of ether oxygens (including phenoxy) is 1. The second kappa shape index (κ2) is 7.83. The molecule has 0 bridgehead atoms. The number of hydrogen-bond donors (Lipinski definition) is 0. The highest BCUT2D eigenvalue weighted by atomic mass is 35.5. The molecule has 1 fully saturated rings. The number of halogens is 1. The van der Waals surface area contributed by atoms with Crippen LogP contribution in [0.5, 0.6) is 0 Å². The lowest BCUT2D eigenvalue weighted by molar-refractivity contribution is 0.0363. The molecule has 1 saturated heterocycles. The zero-order chi connectivity index (χ0) is 20.7. The minimum Gasteiger partial charge on any atom is -0.379 e. The quantitative estimate of drug-likeness (QED) is 0.505. The van der Waals surface area contributed by atoms with Crippen molar-refractivity contribution in [1.82, 2.24) is 24.1 Å². The molecule has 5 rings (SSSR count). The van der Waals surface area contributed by atoms with Gasteiger partial charge in [0, 0.05) is 49.2 Å². The molecule has 0 radical (unpaired) electrons. The summed E-state index contributed by atoms with van der Waals surface area (Å²) in [6.45, 7) is 6.74. The molecule has 0 unspecified atom stereocenters. The fraction of sp³-hybridized carbons (Fsp3) is 0.318. The summed E-state index contributed by atoms with van der Waals surface area (Å²) in [6, 6.07) is 9.58. The third-order valence-corrected chi connectivity index (χ3v) is 5.91. The second-order valence-corrected chi connectivity index (χ2v) is 7.96. The first-order valence-corrected chi connectivity index (χ1v) is 10.4. The predicted octanol–water partition coefficient (Wildman–Crippen LogP) is 3.01. The third kappa shape index (κ3) is 3.39. The van der Waals surface area contributed by atoms with Crippen molar-refractivity contribution in [2.75, 3.05) is 32.8 Å². The number of benzene rings is 1. The predicted molar refractivity (Wildman–Crippen MR) is 117 cm³/mol. The molecule has 1 aliphatic rings. The fourth-order valence-electron chi connectivity index (χ4n) is 4.02. The Morgan fingerprint density at radius 1 is 1.10 bits per heavy atom. The highest BCUT2D eigenvalue weighted by Gasteiger charge is 2.17. The van der Waals surface area contributed by atoms with E-state index in [2.05, 4.69) is 15.0 Å². The van der Waals surface area contributed by atoms with E-state index in [1.54, 1.807) is 15.3 Å². The molecule has 0 atom stereocenters. The van der Waals surface area contributed by atoms with Crippen molar-refractivity contribution in [2.45, 2.75) is 13.5 Å². The SMILES string of the molecule is Cc1nn2c(ncc3c(=O)n(CCN4CCOCC4)ccc32)c1-c1ccc(Cl)cc1. The molecule has 0 N–H and O–H groups in total. The van der Waals surface area contributed by atoms with Gasteiger partial charge in [0.2, 0.25) is 0 Å². The monoisotopic (exact) mass is 423 g/mol. The molecule has 30 heavy (non-hydrogen) atoms. The maximum Gasteiger partial charge on any atom is 0.261 e. The maximum atomic E-state index is 13.1. The van der Waals surface area contributed by atoms with Gasteiger partial charge in [-0.3, -0.25) is 9.69 Å². The molecule has 7 nitrogen and oxygen atoms in total. The van der Waals surface area contributed by atoms with Crippen LogP contribution in [0.2, 0.25) is 5.02 Å². The Balaban J connectivity index is 1.54. The molecular formula is C22H22ClN5O2. The number of morpholine rings is 1. The standard InChI is InChI=1S/C22H22ClN5O2/c1-15-20(16-2-4-17(23)5-3-16)21-24-14-18-19(28(21)25-15)6-7-27(22(18)29)9-8-26-10-12-30-13-11-26/h2-7,14H,8-13H2,1H3. The summed E-state index contributed by atoms with van der Waals surface area (Å²) in [5, 5.41) is 5.93. The van der Waals surface area contributed by atoms with Crippen molar-refractivity contribution in [3.8, 4) is 11.1 Å². The average Bonchev–Trinajstić information content (AvgIpc) is 3.11. The molecule has 4 aromatic rings. The molecule has 154 valence electrons. The molecule has 0 saturated carbocycles. The van der Waals surface area contributed by atoms with Crippen LogP contribution in [0.1, 0.15) is 5.69 Å². The van der Waals surface area contributed by atoms with Gasteiger partial charge in [-0.25, -0.2) is 9.50 Å². The van der Waals surface area contributed by atoms with Gasteiger partial charge in [-0.1, -0.05) is 23.7 Å². The smallest absolute Gasteiger partial charge is 0.261 e. The number of pyridine rings is 1. The van der Waals surface area contributed by atoms with Gasteiger partial charge in [-0.05, 0) is 30.7 Å². The Morgan fingerprint density at radius 2 is 1.87 bits per heavy atom. The normalized spacial score (nSPS) is 15.3. The summed E-state index contributed by atoms with van der Waals surface area (Å²) in [4.78, 5) is 20.0. The fourth-order valence-corrected chi connectivity index (χ4v) is 4.15. The Kier molecular flexibility index (Phi) is 5.02. The second-order valence-electron chi connectivity index (χ2n) is 7.53. The summed E-state index contributed by atoms with van der Waals surface area (Å²) in [5.41, 5.74) is 4.25. The molecule has 1 aliphatic heterocycles. The highest BCUT2D eigenvalue weighted by molar-refractivity contribution is 6.30. The van der Waals surface area contributed by atoms with Gasteiger partial charge in [-0.2, -0.15) is 5.10 Å². The summed E-state index contributed by atoms with van der Waals surface area (Å²) < 4.78 is 8.91. The van der Waals surface area contributed by atoms with E-state index in [1.165, 1.54) is 0 Å². The van der Waals surface area contributed by atoms with Gasteiger partial charge < -0.3 is 9.30 Å². The molecule has 0 amide bonds. The van der Waals surface area contributed by atoms with Crippen LogP contribution in [-0.4, -0.2) is 56.9 Å². The molecular weight excluding hydrogens is 402 g/mol. The van der Waals surface area contributed by atoms with E-state index in [4.69, 9.17) is 16.3 Å². The molecule has 0 aliphatic carbocycles. The summed E-state index contributed by atoms with van der Waals surface area (Å²) in [5.74, 6) is 0. The van der Waals surface area contributed by atoms with Crippen LogP contribution in [0.15, 0.2) is 47.5 Å². The van der Waals surface area contributed by atoms with E-state index in [-0.39, 0.29) is 5.56 Å². The van der Waals surface area contributed by atoms with E-state index >= 15 is 0 Å².